The minimum absolute atomic E-state index is 0.125. The van der Waals surface area contributed by atoms with E-state index in [1.165, 1.54) is 0 Å². The van der Waals surface area contributed by atoms with E-state index in [4.69, 9.17) is 10.8 Å². The SMILES string of the molecule is CC(O)N[C@H](C)N. The molecule has 0 aliphatic carbocycles. The van der Waals surface area contributed by atoms with Crippen LogP contribution in [0.5, 0.6) is 0 Å². The van der Waals surface area contributed by atoms with Gasteiger partial charge in [-0.1, -0.05) is 0 Å². The monoisotopic (exact) mass is 104 g/mol. The molecule has 7 heavy (non-hydrogen) atoms. The molecule has 0 rings (SSSR count). The molecule has 0 bridgehead atoms. The standard InChI is InChI=1S/C4H12N2O/c1-3(5)6-4(2)7/h3-4,6-7H,5H2,1-2H3/t3-,4?/m1/s1. The maximum atomic E-state index is 8.53. The summed E-state index contributed by atoms with van der Waals surface area (Å²) >= 11 is 0. The van der Waals surface area contributed by atoms with Crippen LogP contribution in [0, 0.1) is 0 Å². The Labute approximate surface area is 43.5 Å². The van der Waals surface area contributed by atoms with Gasteiger partial charge in [0.15, 0.2) is 0 Å². The molecule has 4 N–H and O–H groups in total. The van der Waals surface area contributed by atoms with E-state index >= 15 is 0 Å². The second kappa shape index (κ2) is 2.96. The van der Waals surface area contributed by atoms with E-state index in [9.17, 15) is 0 Å². The first-order chi connectivity index (χ1) is 3.13. The number of rotatable bonds is 2. The lowest BCUT2D eigenvalue weighted by molar-refractivity contribution is 0.144. The average molecular weight is 104 g/mol. The number of aliphatic hydroxyl groups is 1. The molecule has 0 radical (unpaired) electrons. The van der Waals surface area contributed by atoms with Crippen LogP contribution in [0.3, 0.4) is 0 Å². The van der Waals surface area contributed by atoms with Gasteiger partial charge in [0.05, 0.1) is 6.17 Å². The third-order valence-electron chi connectivity index (χ3n) is 0.504. The predicted molar refractivity (Wildman–Crippen MR) is 28.5 cm³/mol. The second-order valence-corrected chi connectivity index (χ2v) is 1.63. The van der Waals surface area contributed by atoms with Crippen molar-refractivity contribution in [1.82, 2.24) is 5.32 Å². The van der Waals surface area contributed by atoms with Crippen LogP contribution in [0.25, 0.3) is 0 Å². The second-order valence-electron chi connectivity index (χ2n) is 1.63. The van der Waals surface area contributed by atoms with Gasteiger partial charge in [-0.05, 0) is 13.8 Å². The van der Waals surface area contributed by atoms with E-state index in [1.54, 1.807) is 13.8 Å². The molecule has 0 amide bonds. The number of aliphatic hydroxyl groups excluding tert-OH is 1. The number of nitrogens with two attached hydrogens (primary N) is 1. The zero-order chi connectivity index (χ0) is 5.86. The van der Waals surface area contributed by atoms with Gasteiger partial charge >= 0.3 is 0 Å². The molecule has 0 aromatic carbocycles. The Morgan fingerprint density at radius 3 is 2.00 bits per heavy atom. The maximum Gasteiger partial charge on any atom is 0.103 e. The molecule has 0 saturated heterocycles. The Balaban J connectivity index is 2.95. The molecule has 0 spiro atoms. The zero-order valence-electron chi connectivity index (χ0n) is 4.68. The summed E-state index contributed by atoms with van der Waals surface area (Å²) < 4.78 is 0. The van der Waals surface area contributed by atoms with Crippen LogP contribution in [0.2, 0.25) is 0 Å². The Morgan fingerprint density at radius 2 is 2.00 bits per heavy atom. The predicted octanol–water partition coefficient (Wildman–Crippen LogP) is -0.781. The van der Waals surface area contributed by atoms with E-state index < -0.39 is 6.23 Å². The Hall–Kier alpha value is -0.120. The quantitative estimate of drug-likeness (QED) is 0.403. The summed E-state index contributed by atoms with van der Waals surface area (Å²) in [5, 5.41) is 11.2. The molecule has 0 aliphatic heterocycles. The Kier molecular flexibility index (Phi) is 2.91. The summed E-state index contributed by atoms with van der Waals surface area (Å²) in [7, 11) is 0. The number of nitrogens with one attached hydrogen (secondary N) is 1. The molecule has 2 atom stereocenters. The largest absolute Gasteiger partial charge is 0.379 e. The molecule has 1 unspecified atom stereocenters. The lowest BCUT2D eigenvalue weighted by Crippen LogP contribution is -2.40. The van der Waals surface area contributed by atoms with Crippen molar-refractivity contribution in [2.45, 2.75) is 26.2 Å². The molecular formula is C4H12N2O. The van der Waals surface area contributed by atoms with Crippen molar-refractivity contribution in [3.8, 4) is 0 Å². The minimum Gasteiger partial charge on any atom is -0.379 e. The highest BCUT2D eigenvalue weighted by Gasteiger charge is 1.94. The highest BCUT2D eigenvalue weighted by molar-refractivity contribution is 4.48. The van der Waals surface area contributed by atoms with Crippen LogP contribution in [0.15, 0.2) is 0 Å². The molecule has 44 valence electrons. The van der Waals surface area contributed by atoms with Crippen LogP contribution in [-0.2, 0) is 0 Å². The molecular weight excluding hydrogens is 92.1 g/mol. The van der Waals surface area contributed by atoms with Crippen molar-refractivity contribution in [1.29, 1.82) is 0 Å². The van der Waals surface area contributed by atoms with Crippen LogP contribution >= 0.6 is 0 Å². The van der Waals surface area contributed by atoms with Gasteiger partial charge in [-0.25, -0.2) is 0 Å². The fourth-order valence-electron chi connectivity index (χ4n) is 0.380. The smallest absolute Gasteiger partial charge is 0.103 e. The van der Waals surface area contributed by atoms with Gasteiger partial charge < -0.3 is 10.8 Å². The van der Waals surface area contributed by atoms with Gasteiger partial charge in [0.2, 0.25) is 0 Å². The van der Waals surface area contributed by atoms with Gasteiger partial charge in [-0.3, -0.25) is 5.32 Å². The Morgan fingerprint density at radius 1 is 1.57 bits per heavy atom. The summed E-state index contributed by atoms with van der Waals surface area (Å²) in [4.78, 5) is 0. The van der Waals surface area contributed by atoms with E-state index in [0.717, 1.165) is 0 Å². The first-order valence-corrected chi connectivity index (χ1v) is 2.32. The lowest BCUT2D eigenvalue weighted by atomic mass is 10.5. The number of hydrogen-bond donors (Lipinski definition) is 3. The molecule has 0 aliphatic rings. The van der Waals surface area contributed by atoms with E-state index in [0.29, 0.717) is 0 Å². The van der Waals surface area contributed by atoms with Gasteiger partial charge in [-0.15, -0.1) is 0 Å². The summed E-state index contributed by atoms with van der Waals surface area (Å²) in [5.41, 5.74) is 5.22. The Bertz CT molecular complexity index is 39.0. The maximum absolute atomic E-state index is 8.53. The summed E-state index contributed by atoms with van der Waals surface area (Å²) in [5.74, 6) is 0. The van der Waals surface area contributed by atoms with Crippen molar-refractivity contribution in [3.05, 3.63) is 0 Å². The molecule has 0 fully saturated rings. The van der Waals surface area contributed by atoms with Crippen LogP contribution < -0.4 is 11.1 Å². The highest BCUT2D eigenvalue weighted by atomic mass is 16.3. The first-order valence-electron chi connectivity index (χ1n) is 2.32. The van der Waals surface area contributed by atoms with Crippen molar-refractivity contribution < 1.29 is 5.11 Å². The van der Waals surface area contributed by atoms with Gasteiger partial charge in [-0.2, -0.15) is 0 Å². The topological polar surface area (TPSA) is 58.3 Å². The fraction of sp³-hybridized carbons (Fsp3) is 1.00. The third-order valence-corrected chi connectivity index (χ3v) is 0.504. The van der Waals surface area contributed by atoms with Crippen molar-refractivity contribution in [2.24, 2.45) is 5.73 Å². The van der Waals surface area contributed by atoms with Gasteiger partial charge in [0.1, 0.15) is 6.23 Å². The highest BCUT2D eigenvalue weighted by Crippen LogP contribution is 1.71. The lowest BCUT2D eigenvalue weighted by Gasteiger charge is -2.09. The molecule has 0 heterocycles. The van der Waals surface area contributed by atoms with Crippen LogP contribution in [0.4, 0.5) is 0 Å². The van der Waals surface area contributed by atoms with E-state index in [2.05, 4.69) is 5.32 Å². The first kappa shape index (κ1) is 6.88. The fourth-order valence-corrected chi connectivity index (χ4v) is 0.380. The van der Waals surface area contributed by atoms with Gasteiger partial charge in [0.25, 0.3) is 0 Å². The van der Waals surface area contributed by atoms with Crippen LogP contribution in [-0.4, -0.2) is 17.5 Å². The summed E-state index contributed by atoms with van der Waals surface area (Å²) in [6, 6.07) is 0. The third kappa shape index (κ3) is 5.88. The summed E-state index contributed by atoms with van der Waals surface area (Å²) in [6.45, 7) is 3.40. The average Bonchev–Trinajstić information content (AvgIpc) is 1.27. The normalized spacial score (nSPS) is 18.9. The van der Waals surface area contributed by atoms with E-state index in [-0.39, 0.29) is 6.17 Å². The molecule has 0 aromatic heterocycles. The molecule has 0 aromatic rings. The minimum atomic E-state index is -0.500. The van der Waals surface area contributed by atoms with Gasteiger partial charge in [0, 0.05) is 0 Å². The zero-order valence-corrected chi connectivity index (χ0v) is 4.68. The summed E-state index contributed by atoms with van der Waals surface area (Å²) in [6.07, 6.45) is -0.625. The van der Waals surface area contributed by atoms with E-state index in [1.807, 2.05) is 0 Å². The van der Waals surface area contributed by atoms with Crippen molar-refractivity contribution >= 4 is 0 Å². The molecule has 0 saturated carbocycles. The molecule has 3 nitrogen and oxygen atoms in total. The number of hydrogen-bond acceptors (Lipinski definition) is 3. The molecule has 3 heteroatoms. The van der Waals surface area contributed by atoms with Crippen LogP contribution in [0.1, 0.15) is 13.8 Å². The van der Waals surface area contributed by atoms with Crippen molar-refractivity contribution in [3.63, 3.8) is 0 Å². The van der Waals surface area contributed by atoms with Crippen molar-refractivity contribution in [2.75, 3.05) is 0 Å².